The molecule has 0 spiro atoms. The van der Waals surface area contributed by atoms with E-state index in [9.17, 15) is 13.5 Å². The molecule has 2 aliphatic rings. The number of hydrogen-bond acceptors (Lipinski definition) is 5. The summed E-state index contributed by atoms with van der Waals surface area (Å²) in [5.74, 6) is 1.23. The minimum absolute atomic E-state index is 0.261. The zero-order valence-electron chi connectivity index (χ0n) is 12.9. The van der Waals surface area contributed by atoms with Crippen molar-refractivity contribution >= 4 is 15.8 Å². The van der Waals surface area contributed by atoms with Gasteiger partial charge in [0.2, 0.25) is 10.0 Å². The van der Waals surface area contributed by atoms with E-state index in [0.717, 1.165) is 37.3 Å². The first-order valence-corrected chi connectivity index (χ1v) is 9.63. The number of sulfonamides is 1. The van der Waals surface area contributed by atoms with Crippen LogP contribution < -0.4 is 4.90 Å². The second-order valence-electron chi connectivity index (χ2n) is 6.25. The van der Waals surface area contributed by atoms with Crippen molar-refractivity contribution in [3.8, 4) is 0 Å². The predicted molar refractivity (Wildman–Crippen MR) is 85.5 cm³/mol. The first-order valence-electron chi connectivity index (χ1n) is 7.78. The van der Waals surface area contributed by atoms with Crippen LogP contribution in [0.1, 0.15) is 30.9 Å². The SMILES string of the molecule is CS(=O)(=O)N1CCC(c2cccc(N3CCC(O)C3)n2)CC1. The van der Waals surface area contributed by atoms with Crippen LogP contribution in [0.25, 0.3) is 0 Å². The highest BCUT2D eigenvalue weighted by atomic mass is 32.2. The Kier molecular flexibility index (Phi) is 4.38. The summed E-state index contributed by atoms with van der Waals surface area (Å²) < 4.78 is 24.7. The Bertz CT molecular complexity index is 627. The van der Waals surface area contributed by atoms with Gasteiger partial charge >= 0.3 is 0 Å². The Balaban J connectivity index is 1.69. The smallest absolute Gasteiger partial charge is 0.211 e. The van der Waals surface area contributed by atoms with E-state index in [1.54, 1.807) is 4.31 Å². The van der Waals surface area contributed by atoms with E-state index in [1.165, 1.54) is 6.26 Å². The topological polar surface area (TPSA) is 73.7 Å². The van der Waals surface area contributed by atoms with Gasteiger partial charge in [-0.15, -0.1) is 0 Å². The summed E-state index contributed by atoms with van der Waals surface area (Å²) in [7, 11) is -3.08. The Hall–Kier alpha value is -1.18. The number of nitrogens with zero attached hydrogens (tertiary/aromatic N) is 3. The Labute approximate surface area is 131 Å². The number of pyridine rings is 1. The second kappa shape index (κ2) is 6.14. The third-order valence-electron chi connectivity index (χ3n) is 4.58. The quantitative estimate of drug-likeness (QED) is 0.889. The van der Waals surface area contributed by atoms with Gasteiger partial charge in [-0.25, -0.2) is 17.7 Å². The molecule has 0 aliphatic carbocycles. The minimum Gasteiger partial charge on any atom is -0.391 e. The van der Waals surface area contributed by atoms with Crippen molar-refractivity contribution in [2.24, 2.45) is 0 Å². The van der Waals surface area contributed by atoms with Crippen molar-refractivity contribution in [1.29, 1.82) is 0 Å². The van der Waals surface area contributed by atoms with Crippen LogP contribution in [0, 0.1) is 0 Å². The largest absolute Gasteiger partial charge is 0.391 e. The Morgan fingerprint density at radius 2 is 1.91 bits per heavy atom. The lowest BCUT2D eigenvalue weighted by Gasteiger charge is -2.30. The van der Waals surface area contributed by atoms with E-state index in [2.05, 4.69) is 4.90 Å². The molecule has 1 aromatic rings. The summed E-state index contributed by atoms with van der Waals surface area (Å²) in [5.41, 5.74) is 1.03. The molecule has 2 saturated heterocycles. The summed E-state index contributed by atoms with van der Waals surface area (Å²) >= 11 is 0. The normalized spacial score (nSPS) is 24.8. The van der Waals surface area contributed by atoms with E-state index in [1.807, 2.05) is 18.2 Å². The molecule has 3 rings (SSSR count). The maximum absolute atomic E-state index is 11.6. The molecule has 6 nitrogen and oxygen atoms in total. The average Bonchev–Trinajstić information content (AvgIpc) is 2.93. The molecule has 0 amide bonds. The van der Waals surface area contributed by atoms with Gasteiger partial charge in [0.1, 0.15) is 5.82 Å². The second-order valence-corrected chi connectivity index (χ2v) is 8.23. The van der Waals surface area contributed by atoms with Gasteiger partial charge in [-0.05, 0) is 31.4 Å². The molecule has 0 bridgehead atoms. The lowest BCUT2D eigenvalue weighted by Crippen LogP contribution is -2.37. The van der Waals surface area contributed by atoms with Crippen molar-refractivity contribution in [2.45, 2.75) is 31.3 Å². The summed E-state index contributed by atoms with van der Waals surface area (Å²) in [4.78, 5) is 6.86. The van der Waals surface area contributed by atoms with Crippen molar-refractivity contribution < 1.29 is 13.5 Å². The van der Waals surface area contributed by atoms with E-state index in [-0.39, 0.29) is 6.10 Å². The number of hydrogen-bond donors (Lipinski definition) is 1. The number of aliphatic hydroxyl groups excluding tert-OH is 1. The van der Waals surface area contributed by atoms with E-state index in [4.69, 9.17) is 4.98 Å². The maximum atomic E-state index is 11.6. The van der Waals surface area contributed by atoms with Crippen LogP contribution in [0.3, 0.4) is 0 Å². The number of anilines is 1. The third kappa shape index (κ3) is 3.42. The molecule has 122 valence electrons. The molecule has 1 unspecified atom stereocenters. The Morgan fingerprint density at radius 1 is 1.18 bits per heavy atom. The molecule has 0 saturated carbocycles. The maximum Gasteiger partial charge on any atom is 0.211 e. The molecule has 2 fully saturated rings. The third-order valence-corrected chi connectivity index (χ3v) is 5.89. The van der Waals surface area contributed by atoms with Gasteiger partial charge in [0, 0.05) is 37.8 Å². The fourth-order valence-corrected chi connectivity index (χ4v) is 4.15. The summed E-state index contributed by atoms with van der Waals surface area (Å²) in [6, 6.07) is 6.01. The van der Waals surface area contributed by atoms with Gasteiger partial charge < -0.3 is 10.0 Å². The monoisotopic (exact) mass is 325 g/mol. The van der Waals surface area contributed by atoms with Crippen LogP contribution in [-0.4, -0.2) is 61.4 Å². The molecule has 3 heterocycles. The van der Waals surface area contributed by atoms with Gasteiger partial charge in [0.15, 0.2) is 0 Å². The zero-order chi connectivity index (χ0) is 15.7. The van der Waals surface area contributed by atoms with Gasteiger partial charge in [-0.3, -0.25) is 0 Å². The summed E-state index contributed by atoms with van der Waals surface area (Å²) in [6.07, 6.45) is 3.42. The molecule has 1 atom stereocenters. The number of piperidine rings is 1. The van der Waals surface area contributed by atoms with Gasteiger partial charge in [-0.2, -0.15) is 0 Å². The Morgan fingerprint density at radius 3 is 2.50 bits per heavy atom. The fourth-order valence-electron chi connectivity index (χ4n) is 3.28. The van der Waals surface area contributed by atoms with E-state index in [0.29, 0.717) is 25.6 Å². The highest BCUT2D eigenvalue weighted by molar-refractivity contribution is 7.88. The van der Waals surface area contributed by atoms with Crippen LogP contribution in [0.4, 0.5) is 5.82 Å². The van der Waals surface area contributed by atoms with Crippen molar-refractivity contribution in [2.75, 3.05) is 37.3 Å². The highest BCUT2D eigenvalue weighted by Crippen LogP contribution is 2.29. The van der Waals surface area contributed by atoms with Crippen LogP contribution in [0.5, 0.6) is 0 Å². The molecule has 1 aromatic heterocycles. The minimum atomic E-state index is -3.08. The van der Waals surface area contributed by atoms with Crippen molar-refractivity contribution in [3.05, 3.63) is 23.9 Å². The molecule has 0 radical (unpaired) electrons. The van der Waals surface area contributed by atoms with Crippen molar-refractivity contribution in [1.82, 2.24) is 9.29 Å². The van der Waals surface area contributed by atoms with Crippen LogP contribution in [-0.2, 0) is 10.0 Å². The standard InChI is InChI=1S/C15H23N3O3S/c1-22(20,21)18-9-5-12(6-10-18)14-3-2-4-15(16-14)17-8-7-13(19)11-17/h2-4,12-13,19H,5-11H2,1H3. The number of β-amino-alcohol motifs (C(OH)–C–C–N with tert-alkyl or cyclic N) is 1. The van der Waals surface area contributed by atoms with E-state index >= 15 is 0 Å². The molecule has 0 aromatic carbocycles. The molecule has 1 N–H and O–H groups in total. The lowest BCUT2D eigenvalue weighted by molar-refractivity contribution is 0.198. The van der Waals surface area contributed by atoms with Crippen LogP contribution in [0.2, 0.25) is 0 Å². The van der Waals surface area contributed by atoms with Gasteiger partial charge in [0.25, 0.3) is 0 Å². The van der Waals surface area contributed by atoms with Crippen molar-refractivity contribution in [3.63, 3.8) is 0 Å². The molecule has 7 heteroatoms. The molecule has 2 aliphatic heterocycles. The van der Waals surface area contributed by atoms with E-state index < -0.39 is 10.0 Å². The fraction of sp³-hybridized carbons (Fsp3) is 0.667. The number of rotatable bonds is 3. The average molecular weight is 325 g/mol. The van der Waals surface area contributed by atoms with Gasteiger partial charge in [-0.1, -0.05) is 6.07 Å². The van der Waals surface area contributed by atoms with Crippen LogP contribution >= 0.6 is 0 Å². The zero-order valence-corrected chi connectivity index (χ0v) is 13.7. The first kappa shape index (κ1) is 15.7. The van der Waals surface area contributed by atoms with Gasteiger partial charge in [0.05, 0.1) is 12.4 Å². The molecule has 22 heavy (non-hydrogen) atoms. The summed E-state index contributed by atoms with van der Waals surface area (Å²) in [5, 5.41) is 9.65. The lowest BCUT2D eigenvalue weighted by atomic mass is 9.94. The number of aromatic nitrogens is 1. The van der Waals surface area contributed by atoms with Crippen LogP contribution in [0.15, 0.2) is 18.2 Å². The highest BCUT2D eigenvalue weighted by Gasteiger charge is 2.27. The summed E-state index contributed by atoms with van der Waals surface area (Å²) in [6.45, 7) is 2.61. The number of aliphatic hydroxyl groups is 1. The molecular formula is C15H23N3O3S. The predicted octanol–water partition coefficient (Wildman–Crippen LogP) is 0.792. The first-order chi connectivity index (χ1) is 10.4. The molecular weight excluding hydrogens is 302 g/mol.